The number of carbonyl (C=O) groups excluding carboxylic acids is 1. The van der Waals surface area contributed by atoms with Crippen molar-refractivity contribution in [3.8, 4) is 0 Å². The Labute approximate surface area is 35.1 Å². The lowest BCUT2D eigenvalue weighted by molar-refractivity contribution is -0.118. The van der Waals surface area contributed by atoms with Crippen molar-refractivity contribution in [2.24, 2.45) is 5.73 Å². The Balaban J connectivity index is 2.83. The van der Waals surface area contributed by atoms with Crippen LogP contribution in [0.3, 0.4) is 0 Å². The number of nitrogens with two attached hydrogens (primary N) is 1. The summed E-state index contributed by atoms with van der Waals surface area (Å²) in [5, 5.41) is 0. The Hall–Kier alpha value is -0.600. The fourth-order valence-corrected chi connectivity index (χ4v) is 0.0931. The number of amides is 1. The van der Waals surface area contributed by atoms with Crippen molar-refractivity contribution in [3.05, 3.63) is 0 Å². The maximum absolute atomic E-state index is 10.9. The number of hydrogen-bond acceptors (Lipinski definition) is 1. The van der Waals surface area contributed by atoms with Gasteiger partial charge in [0.1, 0.15) is 0 Å². The van der Waals surface area contributed by atoms with Crippen LogP contribution in [0.2, 0.25) is 0 Å². The summed E-state index contributed by atoms with van der Waals surface area (Å²) < 4.78 is 10.9. The summed E-state index contributed by atoms with van der Waals surface area (Å²) in [5.74, 6) is -0.586. The van der Waals surface area contributed by atoms with Gasteiger partial charge in [-0.25, -0.2) is 0 Å². The van der Waals surface area contributed by atoms with E-state index in [9.17, 15) is 9.18 Å². The Kier molecular flexibility index (Phi) is 2.36. The molecule has 0 aliphatic heterocycles. The van der Waals surface area contributed by atoms with Crippen LogP contribution < -0.4 is 5.73 Å². The predicted molar refractivity (Wildman–Crippen MR) is 19.8 cm³/mol. The number of hydrogen-bond donors (Lipinski definition) is 1. The van der Waals surface area contributed by atoms with Gasteiger partial charge in [-0.2, -0.15) is 0 Å². The minimum absolute atomic E-state index is 0.153. The Bertz CT molecular complexity index is 54.8. The van der Waals surface area contributed by atoms with E-state index in [-0.39, 0.29) is 6.42 Å². The van der Waals surface area contributed by atoms with E-state index >= 15 is 0 Å². The summed E-state index contributed by atoms with van der Waals surface area (Å²) in [6, 6.07) is 0. The molecule has 0 atom stereocenters. The molecule has 0 aromatic heterocycles. The summed E-state index contributed by atoms with van der Waals surface area (Å²) in [6.07, 6.45) is -0.153. The van der Waals surface area contributed by atoms with Crippen LogP contribution in [-0.4, -0.2) is 12.6 Å². The third kappa shape index (κ3) is 3.40. The SMILES string of the molecule is NC(=O)CCF. The first kappa shape index (κ1) is 5.40. The zero-order chi connectivity index (χ0) is 4.99. The molecule has 0 fully saturated rings. The molecule has 2 N–H and O–H groups in total. The molecule has 0 bridgehead atoms. The molecule has 0 aromatic rings. The molecule has 0 heterocycles. The van der Waals surface area contributed by atoms with Crippen molar-refractivity contribution in [2.45, 2.75) is 6.42 Å². The van der Waals surface area contributed by atoms with Gasteiger partial charge in [0, 0.05) is 0 Å². The summed E-state index contributed by atoms with van der Waals surface area (Å²) in [5.41, 5.74) is 4.52. The van der Waals surface area contributed by atoms with Crippen molar-refractivity contribution in [3.63, 3.8) is 0 Å². The minimum Gasteiger partial charge on any atom is -0.370 e. The molecule has 36 valence electrons. The molecule has 0 saturated heterocycles. The second-order valence-electron chi connectivity index (χ2n) is 0.905. The highest BCUT2D eigenvalue weighted by Gasteiger charge is 1.87. The Morgan fingerprint density at radius 3 is 2.33 bits per heavy atom. The number of alkyl halides is 1. The fraction of sp³-hybridized carbons (Fsp3) is 0.667. The molecule has 0 aromatic carbocycles. The molecule has 0 rings (SSSR count). The van der Waals surface area contributed by atoms with Gasteiger partial charge in [-0.3, -0.25) is 9.18 Å². The van der Waals surface area contributed by atoms with Crippen molar-refractivity contribution in [2.75, 3.05) is 6.67 Å². The number of primary amides is 1. The van der Waals surface area contributed by atoms with Gasteiger partial charge in [0.15, 0.2) is 0 Å². The minimum atomic E-state index is -0.644. The largest absolute Gasteiger partial charge is 0.370 e. The van der Waals surface area contributed by atoms with Crippen LogP contribution in [0.1, 0.15) is 6.42 Å². The van der Waals surface area contributed by atoms with Crippen LogP contribution >= 0.6 is 0 Å². The normalized spacial score (nSPS) is 8.17. The van der Waals surface area contributed by atoms with Crippen LogP contribution in [0.25, 0.3) is 0 Å². The molecule has 0 spiro atoms. The van der Waals surface area contributed by atoms with E-state index < -0.39 is 12.6 Å². The monoisotopic (exact) mass is 91.0 g/mol. The summed E-state index contributed by atoms with van der Waals surface area (Å²) >= 11 is 0. The quantitative estimate of drug-likeness (QED) is 0.503. The van der Waals surface area contributed by atoms with Crippen LogP contribution in [0.4, 0.5) is 4.39 Å². The van der Waals surface area contributed by atoms with Crippen molar-refractivity contribution in [1.82, 2.24) is 0 Å². The van der Waals surface area contributed by atoms with Gasteiger partial charge >= 0.3 is 0 Å². The lowest BCUT2D eigenvalue weighted by atomic mass is 10.5. The zero-order valence-electron chi connectivity index (χ0n) is 3.28. The van der Waals surface area contributed by atoms with Crippen molar-refractivity contribution in [1.29, 1.82) is 0 Å². The molecule has 0 aliphatic carbocycles. The van der Waals surface area contributed by atoms with E-state index in [0.717, 1.165) is 0 Å². The molecule has 0 unspecified atom stereocenters. The first-order chi connectivity index (χ1) is 2.77. The molecule has 6 heavy (non-hydrogen) atoms. The van der Waals surface area contributed by atoms with E-state index in [0.29, 0.717) is 0 Å². The summed E-state index contributed by atoms with van der Waals surface area (Å²) in [7, 11) is 0. The Morgan fingerprint density at radius 1 is 1.83 bits per heavy atom. The smallest absolute Gasteiger partial charge is 0.220 e. The van der Waals surface area contributed by atoms with E-state index in [1.807, 2.05) is 0 Å². The fourth-order valence-electron chi connectivity index (χ4n) is 0.0931. The third-order valence-corrected chi connectivity index (χ3v) is 0.341. The Morgan fingerprint density at radius 2 is 2.33 bits per heavy atom. The van der Waals surface area contributed by atoms with Crippen LogP contribution in [0, 0.1) is 0 Å². The highest BCUT2D eigenvalue weighted by molar-refractivity contribution is 5.73. The third-order valence-electron chi connectivity index (χ3n) is 0.341. The zero-order valence-corrected chi connectivity index (χ0v) is 3.28. The lowest BCUT2D eigenvalue weighted by Crippen LogP contribution is -2.10. The predicted octanol–water partition coefficient (Wildman–Crippen LogP) is -0.169. The van der Waals surface area contributed by atoms with Crippen LogP contribution in [-0.2, 0) is 4.79 Å². The molecular weight excluding hydrogens is 85.0 g/mol. The second kappa shape index (κ2) is 2.63. The molecule has 3 heteroatoms. The van der Waals surface area contributed by atoms with Gasteiger partial charge in [0.2, 0.25) is 5.91 Å². The van der Waals surface area contributed by atoms with Crippen molar-refractivity contribution < 1.29 is 9.18 Å². The lowest BCUT2D eigenvalue weighted by Gasteiger charge is -1.79. The molecule has 2 nitrogen and oxygen atoms in total. The molecule has 1 amide bonds. The maximum Gasteiger partial charge on any atom is 0.220 e. The maximum atomic E-state index is 10.9. The summed E-state index contributed by atoms with van der Waals surface area (Å²) in [4.78, 5) is 9.58. The highest BCUT2D eigenvalue weighted by atomic mass is 19.1. The summed E-state index contributed by atoms with van der Waals surface area (Å²) in [6.45, 7) is -0.644. The van der Waals surface area contributed by atoms with E-state index in [1.165, 1.54) is 0 Å². The molecule has 0 saturated carbocycles. The van der Waals surface area contributed by atoms with Crippen LogP contribution in [0.5, 0.6) is 0 Å². The number of halogens is 1. The average Bonchev–Trinajstić information content (AvgIpc) is 1.35. The topological polar surface area (TPSA) is 43.1 Å². The number of carbonyl (C=O) groups is 1. The highest BCUT2D eigenvalue weighted by Crippen LogP contribution is 1.73. The van der Waals surface area contributed by atoms with Gasteiger partial charge in [0.25, 0.3) is 0 Å². The molecular formula is C3H6FNO. The average molecular weight is 91.1 g/mol. The van der Waals surface area contributed by atoms with Crippen molar-refractivity contribution >= 4 is 5.91 Å². The van der Waals surface area contributed by atoms with E-state index in [2.05, 4.69) is 5.73 Å². The van der Waals surface area contributed by atoms with Gasteiger partial charge in [-0.1, -0.05) is 0 Å². The first-order valence-electron chi connectivity index (χ1n) is 1.61. The van der Waals surface area contributed by atoms with Gasteiger partial charge < -0.3 is 5.73 Å². The standard InChI is InChI=1S/C3H6FNO/c4-2-1-3(5)6/h1-2H2,(H2,5,6). The number of rotatable bonds is 2. The molecule has 0 aliphatic rings. The van der Waals surface area contributed by atoms with Gasteiger partial charge in [-0.05, 0) is 0 Å². The van der Waals surface area contributed by atoms with Crippen LogP contribution in [0.15, 0.2) is 0 Å². The first-order valence-corrected chi connectivity index (χ1v) is 1.61. The van der Waals surface area contributed by atoms with E-state index in [4.69, 9.17) is 0 Å². The van der Waals surface area contributed by atoms with Gasteiger partial charge in [0.05, 0.1) is 13.1 Å². The second-order valence-corrected chi connectivity index (χ2v) is 0.905. The molecule has 0 radical (unpaired) electrons. The van der Waals surface area contributed by atoms with Gasteiger partial charge in [-0.15, -0.1) is 0 Å². The van der Waals surface area contributed by atoms with E-state index in [1.54, 1.807) is 0 Å².